The lowest BCUT2D eigenvalue weighted by Gasteiger charge is -2.09. The van der Waals surface area contributed by atoms with Crippen molar-refractivity contribution in [3.05, 3.63) is 67.0 Å². The molecule has 1 aromatic heterocycles. The van der Waals surface area contributed by atoms with E-state index < -0.39 is 0 Å². The molecule has 0 saturated carbocycles. The van der Waals surface area contributed by atoms with Crippen molar-refractivity contribution in [2.24, 2.45) is 0 Å². The number of thioether (sulfide) groups is 1. The first-order valence-electron chi connectivity index (χ1n) is 7.71. The third-order valence-corrected chi connectivity index (χ3v) is 4.54. The molecule has 0 saturated heterocycles. The van der Waals surface area contributed by atoms with Crippen LogP contribution in [0.15, 0.2) is 66.2 Å². The van der Waals surface area contributed by atoms with Crippen LogP contribution in [0.5, 0.6) is 0 Å². The van der Waals surface area contributed by atoms with Crippen LogP contribution in [0, 0.1) is 5.82 Å². The summed E-state index contributed by atoms with van der Waals surface area (Å²) in [6.45, 7) is 4.01. The van der Waals surface area contributed by atoms with Gasteiger partial charge in [-0.1, -0.05) is 42.1 Å². The molecule has 25 heavy (non-hydrogen) atoms. The van der Waals surface area contributed by atoms with Gasteiger partial charge >= 0.3 is 0 Å². The Morgan fingerprint density at radius 2 is 1.84 bits per heavy atom. The fraction of sp³-hybridized carbons (Fsp3) is 0.105. The number of hydrogen-bond acceptors (Lipinski definition) is 4. The molecule has 0 aliphatic rings. The Bertz CT molecular complexity index is 912. The second kappa shape index (κ2) is 7.90. The van der Waals surface area contributed by atoms with E-state index in [1.807, 2.05) is 24.3 Å². The zero-order valence-electron chi connectivity index (χ0n) is 13.4. The van der Waals surface area contributed by atoms with Gasteiger partial charge in [0.25, 0.3) is 0 Å². The van der Waals surface area contributed by atoms with E-state index in [1.54, 1.807) is 18.2 Å². The second-order valence-corrected chi connectivity index (χ2v) is 6.25. The molecule has 1 N–H and O–H groups in total. The van der Waals surface area contributed by atoms with Crippen molar-refractivity contribution in [2.45, 2.75) is 5.03 Å². The van der Waals surface area contributed by atoms with Gasteiger partial charge in [-0.3, -0.25) is 4.79 Å². The van der Waals surface area contributed by atoms with Crippen molar-refractivity contribution in [3.8, 4) is 11.3 Å². The molecule has 1 amide bonds. The van der Waals surface area contributed by atoms with E-state index >= 15 is 0 Å². The highest BCUT2D eigenvalue weighted by molar-refractivity contribution is 8.00. The van der Waals surface area contributed by atoms with Crippen LogP contribution in [0.4, 0.5) is 4.39 Å². The third kappa shape index (κ3) is 4.03. The molecular formula is C19H16FN3OS. The maximum absolute atomic E-state index is 13.2. The van der Waals surface area contributed by atoms with Crippen molar-refractivity contribution in [1.82, 2.24) is 15.5 Å². The van der Waals surface area contributed by atoms with Crippen LogP contribution in [0.25, 0.3) is 22.0 Å². The molecule has 0 aliphatic heterocycles. The first kappa shape index (κ1) is 17.1. The van der Waals surface area contributed by atoms with E-state index in [-0.39, 0.29) is 17.5 Å². The Labute approximate surface area is 149 Å². The fourth-order valence-corrected chi connectivity index (χ4v) is 3.18. The highest BCUT2D eigenvalue weighted by atomic mass is 32.2. The minimum absolute atomic E-state index is 0.0848. The van der Waals surface area contributed by atoms with Gasteiger partial charge in [0.2, 0.25) is 5.91 Å². The van der Waals surface area contributed by atoms with Gasteiger partial charge in [0.05, 0.1) is 5.75 Å². The van der Waals surface area contributed by atoms with Crippen LogP contribution < -0.4 is 5.32 Å². The molecule has 0 atom stereocenters. The van der Waals surface area contributed by atoms with Crippen LogP contribution in [0.2, 0.25) is 0 Å². The van der Waals surface area contributed by atoms with E-state index in [9.17, 15) is 9.18 Å². The summed E-state index contributed by atoms with van der Waals surface area (Å²) >= 11 is 1.33. The van der Waals surface area contributed by atoms with E-state index in [0.717, 1.165) is 16.3 Å². The molecule has 0 aliphatic carbocycles. The molecule has 6 heteroatoms. The van der Waals surface area contributed by atoms with E-state index in [4.69, 9.17) is 0 Å². The Kier molecular flexibility index (Phi) is 5.40. The Morgan fingerprint density at radius 3 is 2.56 bits per heavy atom. The summed E-state index contributed by atoms with van der Waals surface area (Å²) in [5.74, 6) is -0.125. The predicted molar refractivity (Wildman–Crippen MR) is 98.9 cm³/mol. The largest absolute Gasteiger partial charge is 0.352 e. The fourth-order valence-electron chi connectivity index (χ4n) is 2.38. The normalized spacial score (nSPS) is 10.6. The lowest BCUT2D eigenvalue weighted by atomic mass is 10.1. The standard InChI is InChI=1S/C19H16FN3OS/c1-2-11-21-17(24)12-25-19-16-6-4-3-5-15(16)18(22-23-19)13-7-9-14(20)10-8-13/h2-10H,1,11-12H2,(H,21,24). The number of halogens is 1. The quantitative estimate of drug-likeness (QED) is 0.540. The first-order chi connectivity index (χ1) is 12.2. The lowest BCUT2D eigenvalue weighted by molar-refractivity contribution is -0.118. The predicted octanol–water partition coefficient (Wildman–Crippen LogP) is 3.83. The van der Waals surface area contributed by atoms with Gasteiger partial charge < -0.3 is 5.32 Å². The highest BCUT2D eigenvalue weighted by Crippen LogP contribution is 2.31. The first-order valence-corrected chi connectivity index (χ1v) is 8.69. The summed E-state index contributed by atoms with van der Waals surface area (Å²) in [6, 6.07) is 13.9. The number of carbonyl (C=O) groups excluding carboxylic acids is 1. The van der Waals surface area contributed by atoms with Gasteiger partial charge in [-0.2, -0.15) is 0 Å². The van der Waals surface area contributed by atoms with Gasteiger partial charge in [0.15, 0.2) is 0 Å². The molecule has 4 nitrogen and oxygen atoms in total. The molecule has 3 rings (SSSR count). The molecule has 3 aromatic rings. The van der Waals surface area contributed by atoms with E-state index in [0.29, 0.717) is 17.3 Å². The Hall–Kier alpha value is -2.73. The smallest absolute Gasteiger partial charge is 0.230 e. The number of rotatable bonds is 6. The lowest BCUT2D eigenvalue weighted by Crippen LogP contribution is -2.24. The van der Waals surface area contributed by atoms with Crippen molar-refractivity contribution < 1.29 is 9.18 Å². The third-order valence-electron chi connectivity index (χ3n) is 3.55. The number of amides is 1. The van der Waals surface area contributed by atoms with Crippen LogP contribution in [0.3, 0.4) is 0 Å². The average Bonchev–Trinajstić information content (AvgIpc) is 2.65. The van der Waals surface area contributed by atoms with Crippen LogP contribution in [-0.4, -0.2) is 28.4 Å². The van der Waals surface area contributed by atoms with Crippen molar-refractivity contribution in [1.29, 1.82) is 0 Å². The number of nitrogens with zero attached hydrogens (tertiary/aromatic N) is 2. The van der Waals surface area contributed by atoms with Crippen molar-refractivity contribution >= 4 is 28.4 Å². The zero-order valence-corrected chi connectivity index (χ0v) is 14.2. The summed E-state index contributed by atoms with van der Waals surface area (Å²) < 4.78 is 13.2. The van der Waals surface area contributed by atoms with Crippen LogP contribution in [0.1, 0.15) is 0 Å². The van der Waals surface area contributed by atoms with Gasteiger partial charge in [-0.25, -0.2) is 4.39 Å². The van der Waals surface area contributed by atoms with Gasteiger partial charge in [0, 0.05) is 22.9 Å². The Balaban J connectivity index is 1.92. The topological polar surface area (TPSA) is 54.9 Å². The van der Waals surface area contributed by atoms with E-state index in [1.165, 1.54) is 23.9 Å². The minimum Gasteiger partial charge on any atom is -0.352 e. The molecule has 0 bridgehead atoms. The number of nitrogens with one attached hydrogen (secondary N) is 1. The zero-order chi connectivity index (χ0) is 17.6. The van der Waals surface area contributed by atoms with Gasteiger partial charge in [-0.15, -0.1) is 16.8 Å². The molecule has 2 aromatic carbocycles. The summed E-state index contributed by atoms with van der Waals surface area (Å²) in [5, 5.41) is 13.8. The van der Waals surface area contributed by atoms with Crippen molar-refractivity contribution in [3.63, 3.8) is 0 Å². The number of fused-ring (bicyclic) bond motifs is 1. The molecular weight excluding hydrogens is 337 g/mol. The Morgan fingerprint density at radius 1 is 1.12 bits per heavy atom. The average molecular weight is 353 g/mol. The number of benzene rings is 2. The monoisotopic (exact) mass is 353 g/mol. The number of aromatic nitrogens is 2. The molecule has 0 unspecified atom stereocenters. The molecule has 0 spiro atoms. The van der Waals surface area contributed by atoms with Crippen LogP contribution in [-0.2, 0) is 4.79 Å². The number of hydrogen-bond donors (Lipinski definition) is 1. The minimum atomic E-state index is -0.293. The molecule has 0 radical (unpaired) electrons. The van der Waals surface area contributed by atoms with Gasteiger partial charge in [-0.05, 0) is 24.3 Å². The van der Waals surface area contributed by atoms with Crippen molar-refractivity contribution in [2.75, 3.05) is 12.3 Å². The summed E-state index contributed by atoms with van der Waals surface area (Å²) in [5.41, 5.74) is 1.49. The maximum Gasteiger partial charge on any atom is 0.230 e. The highest BCUT2D eigenvalue weighted by Gasteiger charge is 2.12. The van der Waals surface area contributed by atoms with Crippen LogP contribution >= 0.6 is 11.8 Å². The molecule has 1 heterocycles. The van der Waals surface area contributed by atoms with E-state index in [2.05, 4.69) is 22.1 Å². The second-order valence-electron chi connectivity index (χ2n) is 5.29. The van der Waals surface area contributed by atoms with Gasteiger partial charge in [0.1, 0.15) is 16.5 Å². The summed E-state index contributed by atoms with van der Waals surface area (Å²) in [7, 11) is 0. The molecule has 0 fully saturated rings. The summed E-state index contributed by atoms with van der Waals surface area (Å²) in [6.07, 6.45) is 1.63. The summed E-state index contributed by atoms with van der Waals surface area (Å²) in [4.78, 5) is 11.8. The maximum atomic E-state index is 13.2. The number of carbonyl (C=O) groups is 1. The SMILES string of the molecule is C=CCNC(=O)CSc1nnc(-c2ccc(F)cc2)c2ccccc12. The molecule has 126 valence electrons.